The summed E-state index contributed by atoms with van der Waals surface area (Å²) in [6.45, 7) is -1.10. The van der Waals surface area contributed by atoms with Crippen molar-refractivity contribution in [2.24, 2.45) is 0 Å². The summed E-state index contributed by atoms with van der Waals surface area (Å²) in [5.74, 6) is 0.107. The highest BCUT2D eigenvalue weighted by Gasteiger charge is 2.17. The Morgan fingerprint density at radius 3 is 2.61 bits per heavy atom. The molecule has 0 aliphatic carbocycles. The summed E-state index contributed by atoms with van der Waals surface area (Å²) in [6.07, 6.45) is 1.90. The fourth-order valence-electron chi connectivity index (χ4n) is 2.68. The molecule has 3 aromatic rings. The summed E-state index contributed by atoms with van der Waals surface area (Å²) in [5, 5.41) is -0.431. The molecule has 1 saturated heterocycles. The van der Waals surface area contributed by atoms with Gasteiger partial charge >= 0.3 is 0 Å². The third-order valence-corrected chi connectivity index (χ3v) is 3.94. The van der Waals surface area contributed by atoms with E-state index in [2.05, 4.69) is 4.98 Å². The smallest absolute Gasteiger partial charge is 0.124 e. The SMILES string of the molecule is [2H]c1c([2H])c(C([2H])([2H])n2c(CN3CCCC3)nc3c([2H])c([2H])c([2H])c([2H])c32)c([2H])c([2H])c1Cl. The second kappa shape index (κ2) is 6.34. The predicted octanol–water partition coefficient (Wildman–Crippen LogP) is 4.33. The molecule has 3 nitrogen and oxygen atoms in total. The quantitative estimate of drug-likeness (QED) is 0.707. The first-order valence-corrected chi connectivity index (χ1v) is 7.74. The Hall–Kier alpha value is -1.84. The summed E-state index contributed by atoms with van der Waals surface area (Å²) in [5.41, 5.74) is -0.911. The van der Waals surface area contributed by atoms with Crippen LogP contribution in [0.25, 0.3) is 11.0 Å². The molecule has 0 unspecified atom stereocenters. The first-order chi connectivity index (χ1) is 15.4. The van der Waals surface area contributed by atoms with Crippen LogP contribution in [0.15, 0.2) is 48.3 Å². The molecule has 4 heteroatoms. The van der Waals surface area contributed by atoms with Crippen molar-refractivity contribution < 1.29 is 13.7 Å². The molecule has 4 rings (SSSR count). The lowest BCUT2D eigenvalue weighted by molar-refractivity contribution is 0.318. The third kappa shape index (κ3) is 3.12. The van der Waals surface area contributed by atoms with E-state index in [1.807, 2.05) is 4.90 Å². The molecule has 23 heavy (non-hydrogen) atoms. The van der Waals surface area contributed by atoms with Crippen LogP contribution in [0.4, 0.5) is 0 Å². The Labute approximate surface area is 155 Å². The van der Waals surface area contributed by atoms with Crippen LogP contribution in [-0.2, 0) is 13.0 Å². The average Bonchev–Trinajstić information content (AvgIpc) is 3.42. The minimum atomic E-state index is -2.73. The fourth-order valence-corrected chi connectivity index (χ4v) is 2.78. The van der Waals surface area contributed by atoms with Crippen molar-refractivity contribution in [2.45, 2.75) is 25.9 Å². The Balaban J connectivity index is 2.09. The Morgan fingerprint density at radius 1 is 1.09 bits per heavy atom. The third-order valence-electron chi connectivity index (χ3n) is 3.75. The van der Waals surface area contributed by atoms with Crippen molar-refractivity contribution in [2.75, 3.05) is 13.1 Å². The standard InChI is InChI=1S/C19H20ClN3/c20-16-9-7-15(8-10-16)13-23-18-6-2-1-5-17(18)21-19(23)14-22-11-3-4-12-22/h1-2,5-10H,3-4,11-14H2/i1D,2D,5D,6D,7D,8D,9D,10D,13D2. The van der Waals surface area contributed by atoms with Gasteiger partial charge < -0.3 is 4.57 Å². The van der Waals surface area contributed by atoms with Crippen molar-refractivity contribution in [1.29, 1.82) is 0 Å². The maximum absolute atomic E-state index is 8.93. The minimum absolute atomic E-state index is 0.107. The Bertz CT molecular complexity index is 1250. The topological polar surface area (TPSA) is 21.1 Å². The normalized spacial score (nSPS) is 22.3. The second-order valence-corrected chi connectivity index (χ2v) is 5.72. The van der Waals surface area contributed by atoms with E-state index in [4.69, 9.17) is 25.3 Å². The van der Waals surface area contributed by atoms with Crippen LogP contribution in [0.3, 0.4) is 0 Å². The van der Waals surface area contributed by atoms with Crippen molar-refractivity contribution in [3.63, 3.8) is 0 Å². The number of hydrogen-bond acceptors (Lipinski definition) is 2. The first kappa shape index (κ1) is 7.37. The second-order valence-electron chi connectivity index (χ2n) is 5.34. The lowest BCUT2D eigenvalue weighted by Gasteiger charge is -2.16. The number of benzene rings is 2. The number of likely N-dealkylation sites (tertiary alicyclic amines) is 1. The number of nitrogens with zero attached hydrogens (tertiary/aromatic N) is 3. The zero-order chi connectivity index (χ0) is 24.4. The molecule has 0 amide bonds. The highest BCUT2D eigenvalue weighted by atomic mass is 35.5. The maximum Gasteiger partial charge on any atom is 0.124 e. The highest BCUT2D eigenvalue weighted by Crippen LogP contribution is 2.21. The van der Waals surface area contributed by atoms with E-state index in [0.717, 1.165) is 30.5 Å². The van der Waals surface area contributed by atoms with Gasteiger partial charge in [-0.3, -0.25) is 4.90 Å². The maximum atomic E-state index is 8.93. The largest absolute Gasteiger partial charge is 0.322 e. The van der Waals surface area contributed by atoms with Gasteiger partial charge in [0.05, 0.1) is 31.3 Å². The predicted molar refractivity (Wildman–Crippen MR) is 94.8 cm³/mol. The molecule has 0 saturated carbocycles. The van der Waals surface area contributed by atoms with Crippen LogP contribution in [-0.4, -0.2) is 27.5 Å². The van der Waals surface area contributed by atoms with Crippen LogP contribution >= 0.6 is 11.6 Å². The van der Waals surface area contributed by atoms with Gasteiger partial charge in [-0.25, -0.2) is 4.98 Å². The number of hydrogen-bond donors (Lipinski definition) is 0. The van der Waals surface area contributed by atoms with E-state index >= 15 is 0 Å². The van der Waals surface area contributed by atoms with Gasteiger partial charge in [0, 0.05) is 11.5 Å². The molecule has 0 bridgehead atoms. The van der Waals surface area contributed by atoms with Crippen LogP contribution in [0.2, 0.25) is 5.02 Å². The number of halogens is 1. The van der Waals surface area contributed by atoms with Gasteiger partial charge in [-0.1, -0.05) is 35.8 Å². The van der Waals surface area contributed by atoms with Crippen molar-refractivity contribution in [3.05, 3.63) is 64.7 Å². The van der Waals surface area contributed by atoms with Crippen LogP contribution in [0.1, 0.15) is 37.9 Å². The molecule has 0 spiro atoms. The van der Waals surface area contributed by atoms with Gasteiger partial charge in [-0.2, -0.15) is 0 Å². The Morgan fingerprint density at radius 2 is 1.83 bits per heavy atom. The summed E-state index contributed by atoms with van der Waals surface area (Å²) < 4.78 is 84.2. The van der Waals surface area contributed by atoms with Gasteiger partial charge in [-0.05, 0) is 55.7 Å². The highest BCUT2D eigenvalue weighted by molar-refractivity contribution is 6.30. The summed E-state index contributed by atoms with van der Waals surface area (Å²) in [7, 11) is 0. The molecule has 2 aromatic carbocycles. The molecule has 0 atom stereocenters. The van der Waals surface area contributed by atoms with Gasteiger partial charge in [0.15, 0.2) is 0 Å². The van der Waals surface area contributed by atoms with Gasteiger partial charge in [-0.15, -0.1) is 0 Å². The van der Waals surface area contributed by atoms with Crippen LogP contribution in [0.5, 0.6) is 0 Å². The van der Waals surface area contributed by atoms with Crippen molar-refractivity contribution in [1.82, 2.24) is 14.5 Å². The molecule has 1 aromatic heterocycles. The summed E-state index contributed by atoms with van der Waals surface area (Å²) in [4.78, 5) is 6.40. The number of fused-ring (bicyclic) bond motifs is 1. The number of para-hydroxylation sites is 2. The van der Waals surface area contributed by atoms with Crippen molar-refractivity contribution >= 4 is 22.6 Å². The van der Waals surface area contributed by atoms with E-state index in [1.165, 1.54) is 0 Å². The van der Waals surface area contributed by atoms with Gasteiger partial charge in [0.2, 0.25) is 0 Å². The van der Waals surface area contributed by atoms with Crippen LogP contribution < -0.4 is 0 Å². The molecular weight excluding hydrogens is 306 g/mol. The van der Waals surface area contributed by atoms with Gasteiger partial charge in [0.25, 0.3) is 0 Å². The van der Waals surface area contributed by atoms with Crippen molar-refractivity contribution in [3.8, 4) is 0 Å². The molecule has 1 aliphatic heterocycles. The average molecular weight is 336 g/mol. The molecule has 1 aliphatic rings. The Kier molecular flexibility index (Phi) is 2.03. The molecule has 0 N–H and O–H groups in total. The zero-order valence-corrected chi connectivity index (χ0v) is 13.0. The van der Waals surface area contributed by atoms with E-state index in [-0.39, 0.29) is 23.4 Å². The van der Waals surface area contributed by atoms with E-state index in [1.54, 1.807) is 0 Å². The van der Waals surface area contributed by atoms with E-state index in [0.29, 0.717) is 0 Å². The van der Waals surface area contributed by atoms with E-state index < -0.39 is 65.4 Å². The lowest BCUT2D eigenvalue weighted by atomic mass is 10.2. The monoisotopic (exact) mass is 335 g/mol. The number of aromatic nitrogens is 2. The zero-order valence-electron chi connectivity index (χ0n) is 22.3. The molecule has 118 valence electrons. The van der Waals surface area contributed by atoms with Crippen LogP contribution in [0, 0.1) is 0 Å². The first-order valence-electron chi connectivity index (χ1n) is 12.4. The number of rotatable bonds is 4. The lowest BCUT2D eigenvalue weighted by Crippen LogP contribution is -2.21. The van der Waals surface area contributed by atoms with Gasteiger partial charge in [0.1, 0.15) is 5.82 Å². The molecule has 2 heterocycles. The number of imidazole rings is 1. The molecule has 1 fully saturated rings. The minimum Gasteiger partial charge on any atom is -0.322 e. The summed E-state index contributed by atoms with van der Waals surface area (Å²) in [6, 6.07) is -4.50. The fraction of sp³-hybridized carbons (Fsp3) is 0.316. The molecule has 0 radical (unpaired) electrons. The molecular formula is C19H20ClN3. The van der Waals surface area contributed by atoms with E-state index in [9.17, 15) is 0 Å². The summed E-state index contributed by atoms with van der Waals surface area (Å²) >= 11 is 5.90.